The Hall–Kier alpha value is -12.1. The molecule has 0 unspecified atom stereocenters. The molecule has 0 fully saturated rings. The first-order valence-electron chi connectivity index (χ1n) is 35.6. The van der Waals surface area contributed by atoms with Gasteiger partial charge >= 0.3 is 0 Å². The molecule has 0 radical (unpaired) electrons. The first kappa shape index (κ1) is 70.7. The van der Waals surface area contributed by atoms with E-state index in [2.05, 4.69) is 458 Å². The molecule has 14 aromatic rings. The first-order chi connectivity index (χ1) is 49.9. The molecular formula is C97H94N6. The molecule has 0 N–H and O–H groups in total. The zero-order valence-corrected chi connectivity index (χ0v) is 61.4. The van der Waals surface area contributed by atoms with E-state index in [-0.39, 0.29) is 10.8 Å². The van der Waals surface area contributed by atoms with Crippen LogP contribution in [0.3, 0.4) is 0 Å². The molecule has 0 saturated heterocycles. The van der Waals surface area contributed by atoms with Crippen LogP contribution >= 0.6 is 0 Å². The first-order valence-corrected chi connectivity index (χ1v) is 35.6. The standard InChI is InChI=1S/C37H30N2.C33H38N2.C27H26N2/c1-38(33-15-9-4-10-16-33)34-25-27-37(28-26-34)39(35-21-17-31(18-22-35)29-11-5-2-6-12-29)36-23-19-32(20-24-36)30-13-7-3-8-14-30;1-32(2,3)25-13-17-29(18-14-25)35(30-19-15-26(16-20-30)33(4,5)6)31-23-21-28(22-24-31)34(7)27-11-9-8-10-12-27;1-21-9-13-25(14-10-21)29(26-15-11-22(2)12-16-26)27-19-17-24(18-20-27)28(3)23-7-5-4-6-8-23/h2-28H,1H3;8-24H,1-7H3;4-20H,1-3H3. The zero-order chi connectivity index (χ0) is 71.9. The average Bonchev–Trinajstić information content (AvgIpc) is 0.803. The molecule has 0 aliphatic rings. The van der Waals surface area contributed by atoms with E-state index >= 15 is 0 Å². The molecule has 103 heavy (non-hydrogen) atoms. The second-order valence-electron chi connectivity index (χ2n) is 28.3. The number of para-hydroxylation sites is 3. The molecule has 0 bridgehead atoms. The number of anilines is 15. The number of benzene rings is 14. The normalized spacial score (nSPS) is 11.1. The summed E-state index contributed by atoms with van der Waals surface area (Å²) < 4.78 is 0. The lowest BCUT2D eigenvalue weighted by atomic mass is 9.86. The van der Waals surface area contributed by atoms with Crippen LogP contribution in [0.1, 0.15) is 63.8 Å². The van der Waals surface area contributed by atoms with E-state index in [0.29, 0.717) is 0 Å². The molecule has 0 heterocycles. The Kier molecular flexibility index (Phi) is 22.3. The van der Waals surface area contributed by atoms with Crippen LogP contribution in [0.25, 0.3) is 22.3 Å². The van der Waals surface area contributed by atoms with Crippen LogP contribution in [0.4, 0.5) is 85.3 Å². The molecule has 14 aromatic carbocycles. The minimum absolute atomic E-state index is 0.126. The molecule has 0 spiro atoms. The predicted octanol–water partition coefficient (Wildman–Crippen LogP) is 27.3. The highest BCUT2D eigenvalue weighted by Gasteiger charge is 2.21. The van der Waals surface area contributed by atoms with Crippen LogP contribution in [-0.4, -0.2) is 21.1 Å². The zero-order valence-electron chi connectivity index (χ0n) is 61.4. The highest BCUT2D eigenvalue weighted by Crippen LogP contribution is 2.42. The van der Waals surface area contributed by atoms with Gasteiger partial charge in [-0.1, -0.05) is 241 Å². The number of rotatable bonds is 17. The molecule has 0 amide bonds. The van der Waals surface area contributed by atoms with Gasteiger partial charge in [0.1, 0.15) is 0 Å². The van der Waals surface area contributed by atoms with Crippen molar-refractivity contribution in [1.29, 1.82) is 0 Å². The quantitative estimate of drug-likeness (QED) is 0.0899. The van der Waals surface area contributed by atoms with Gasteiger partial charge in [0.05, 0.1) is 0 Å². The molecule has 6 heteroatoms. The minimum atomic E-state index is 0.126. The van der Waals surface area contributed by atoms with Crippen molar-refractivity contribution in [2.45, 2.75) is 66.2 Å². The Morgan fingerprint density at radius 3 is 0.534 bits per heavy atom. The maximum Gasteiger partial charge on any atom is 0.0463 e. The summed E-state index contributed by atoms with van der Waals surface area (Å²) in [5, 5.41) is 0. The van der Waals surface area contributed by atoms with Gasteiger partial charge in [-0.3, -0.25) is 0 Å². The molecule has 512 valence electrons. The Morgan fingerprint density at radius 2 is 0.320 bits per heavy atom. The fraction of sp³-hybridized carbons (Fsp3) is 0.134. The number of aryl methyl sites for hydroxylation is 2. The van der Waals surface area contributed by atoms with Gasteiger partial charge in [-0.25, -0.2) is 0 Å². The van der Waals surface area contributed by atoms with Crippen LogP contribution in [-0.2, 0) is 10.8 Å². The van der Waals surface area contributed by atoms with Gasteiger partial charge in [-0.2, -0.15) is 0 Å². The molecule has 0 aliphatic carbocycles. The van der Waals surface area contributed by atoms with Gasteiger partial charge in [0, 0.05) is 106 Å². The Bertz CT molecular complexity index is 4700. The van der Waals surface area contributed by atoms with Gasteiger partial charge in [-0.05, 0) is 240 Å². The van der Waals surface area contributed by atoms with Crippen LogP contribution in [0, 0.1) is 13.8 Å². The number of hydrogen-bond donors (Lipinski definition) is 0. The summed E-state index contributed by atoms with van der Waals surface area (Å²) in [4.78, 5) is 13.6. The van der Waals surface area contributed by atoms with Crippen molar-refractivity contribution in [3.8, 4) is 22.3 Å². The van der Waals surface area contributed by atoms with E-state index in [9.17, 15) is 0 Å². The second kappa shape index (κ2) is 32.5. The molecule has 14 rings (SSSR count). The van der Waals surface area contributed by atoms with Gasteiger partial charge in [-0.15, -0.1) is 0 Å². The predicted molar refractivity (Wildman–Crippen MR) is 445 cm³/mol. The Balaban J connectivity index is 0.000000147. The fourth-order valence-electron chi connectivity index (χ4n) is 12.7. The summed E-state index contributed by atoms with van der Waals surface area (Å²) in [6, 6.07) is 132. The van der Waals surface area contributed by atoms with Gasteiger partial charge < -0.3 is 29.4 Å². The lowest BCUT2D eigenvalue weighted by molar-refractivity contribution is 0.590. The third-order valence-corrected chi connectivity index (χ3v) is 18.9. The summed E-state index contributed by atoms with van der Waals surface area (Å²) in [6.45, 7) is 17.8. The van der Waals surface area contributed by atoms with Crippen molar-refractivity contribution in [2.24, 2.45) is 0 Å². The minimum Gasteiger partial charge on any atom is -0.345 e. The maximum atomic E-state index is 2.34. The molecule has 0 aliphatic heterocycles. The highest BCUT2D eigenvalue weighted by atomic mass is 15.2. The fourth-order valence-corrected chi connectivity index (χ4v) is 12.7. The third kappa shape index (κ3) is 17.7. The summed E-state index contributed by atoms with van der Waals surface area (Å²) in [6.07, 6.45) is 0. The summed E-state index contributed by atoms with van der Waals surface area (Å²) in [5.74, 6) is 0. The third-order valence-electron chi connectivity index (χ3n) is 18.9. The van der Waals surface area contributed by atoms with E-state index in [4.69, 9.17) is 0 Å². The van der Waals surface area contributed by atoms with Crippen LogP contribution in [0.15, 0.2) is 370 Å². The van der Waals surface area contributed by atoms with Crippen LogP contribution < -0.4 is 29.4 Å². The summed E-state index contributed by atoms with van der Waals surface area (Å²) >= 11 is 0. The lowest BCUT2D eigenvalue weighted by Crippen LogP contribution is -2.14. The highest BCUT2D eigenvalue weighted by molar-refractivity contribution is 5.83. The monoisotopic (exact) mass is 1340 g/mol. The molecule has 0 saturated carbocycles. The largest absolute Gasteiger partial charge is 0.345 e. The van der Waals surface area contributed by atoms with Crippen molar-refractivity contribution in [3.63, 3.8) is 0 Å². The van der Waals surface area contributed by atoms with Crippen molar-refractivity contribution in [3.05, 3.63) is 392 Å². The van der Waals surface area contributed by atoms with Crippen molar-refractivity contribution < 1.29 is 0 Å². The van der Waals surface area contributed by atoms with E-state index in [0.717, 1.165) is 73.9 Å². The van der Waals surface area contributed by atoms with E-state index in [1.165, 1.54) is 55.9 Å². The average molecular weight is 1340 g/mol. The van der Waals surface area contributed by atoms with Gasteiger partial charge in [0.15, 0.2) is 0 Å². The Labute approximate surface area is 612 Å². The topological polar surface area (TPSA) is 19.4 Å². The van der Waals surface area contributed by atoms with Crippen LogP contribution in [0.2, 0.25) is 0 Å². The molecule has 0 aromatic heterocycles. The number of hydrogen-bond acceptors (Lipinski definition) is 6. The van der Waals surface area contributed by atoms with Crippen LogP contribution in [0.5, 0.6) is 0 Å². The smallest absolute Gasteiger partial charge is 0.0463 e. The van der Waals surface area contributed by atoms with Gasteiger partial charge in [0.2, 0.25) is 0 Å². The van der Waals surface area contributed by atoms with E-state index < -0.39 is 0 Å². The maximum absolute atomic E-state index is 2.34. The summed E-state index contributed by atoms with van der Waals surface area (Å²) in [7, 11) is 6.31. The van der Waals surface area contributed by atoms with Crippen molar-refractivity contribution >= 4 is 85.3 Å². The number of nitrogens with zero attached hydrogens (tertiary/aromatic N) is 6. The van der Waals surface area contributed by atoms with E-state index in [1.807, 2.05) is 18.2 Å². The molecule has 6 nitrogen and oxygen atoms in total. The lowest BCUT2D eigenvalue weighted by Gasteiger charge is -2.28. The Morgan fingerprint density at radius 1 is 0.165 bits per heavy atom. The molecular weight excluding hydrogens is 1250 g/mol. The van der Waals surface area contributed by atoms with E-state index in [1.54, 1.807) is 0 Å². The SMILES string of the molecule is CN(c1ccccc1)c1ccc(N(c2ccc(-c3ccccc3)cc2)c2ccc(-c3ccccc3)cc2)cc1.CN(c1ccccc1)c1ccc(N(c2ccc(C(C)(C)C)cc2)c2ccc(C(C)(C)C)cc2)cc1.Cc1ccc(N(c2ccc(C)cc2)c2ccc(N(C)c3ccccc3)cc2)cc1. The second-order valence-corrected chi connectivity index (χ2v) is 28.3. The van der Waals surface area contributed by atoms with Crippen molar-refractivity contribution in [2.75, 3.05) is 50.5 Å². The van der Waals surface area contributed by atoms with Crippen molar-refractivity contribution in [1.82, 2.24) is 0 Å². The van der Waals surface area contributed by atoms with Gasteiger partial charge in [0.25, 0.3) is 0 Å². The summed E-state index contributed by atoms with van der Waals surface area (Å²) in [5.41, 5.74) is 27.5. The molecule has 0 atom stereocenters.